The summed E-state index contributed by atoms with van der Waals surface area (Å²) in [6, 6.07) is 2.03. The highest BCUT2D eigenvalue weighted by atomic mass is 79.9. The molecule has 2 aromatic rings. The van der Waals surface area contributed by atoms with E-state index >= 15 is 0 Å². The van der Waals surface area contributed by atoms with Crippen LogP contribution >= 0.6 is 39.9 Å². The van der Waals surface area contributed by atoms with Crippen molar-refractivity contribution in [3.8, 4) is 0 Å². The third-order valence-corrected chi connectivity index (χ3v) is 5.65. The van der Waals surface area contributed by atoms with E-state index in [1.165, 1.54) is 18.6 Å². The van der Waals surface area contributed by atoms with Gasteiger partial charge in [-0.1, -0.05) is 0 Å². The summed E-state index contributed by atoms with van der Waals surface area (Å²) in [6.07, 6.45) is 4.38. The first-order valence-electron chi connectivity index (χ1n) is 5.95. The second kappa shape index (κ2) is 4.65. The first-order valence-corrected chi connectivity index (χ1v) is 8.14. The lowest BCUT2D eigenvalue weighted by molar-refractivity contribution is 0.513. The Morgan fingerprint density at radius 2 is 2.50 bits per heavy atom. The summed E-state index contributed by atoms with van der Waals surface area (Å²) >= 11 is 10.9. The zero-order valence-corrected chi connectivity index (χ0v) is 13.3. The van der Waals surface area contributed by atoms with E-state index < -0.39 is 0 Å². The largest absolute Gasteiger partial charge is 0.329 e. The summed E-state index contributed by atoms with van der Waals surface area (Å²) in [7, 11) is 0. The topological polar surface area (TPSA) is 33.6 Å². The van der Waals surface area contributed by atoms with Crippen LogP contribution in [-0.4, -0.2) is 25.0 Å². The van der Waals surface area contributed by atoms with Crippen molar-refractivity contribution in [1.82, 2.24) is 14.5 Å². The first-order chi connectivity index (χ1) is 8.57. The van der Waals surface area contributed by atoms with E-state index in [0.29, 0.717) is 4.75 Å². The maximum absolute atomic E-state index is 5.42. The Labute approximate surface area is 124 Å². The highest BCUT2D eigenvalue weighted by Gasteiger charge is 2.30. The first kappa shape index (κ1) is 12.7. The predicted octanol–water partition coefficient (Wildman–Crippen LogP) is 4.14. The predicted molar refractivity (Wildman–Crippen MR) is 82.7 cm³/mol. The highest BCUT2D eigenvalue weighted by Crippen LogP contribution is 2.39. The quantitative estimate of drug-likeness (QED) is 0.832. The van der Waals surface area contributed by atoms with Crippen LogP contribution in [0, 0.1) is 4.77 Å². The number of pyridine rings is 1. The molecule has 0 spiro atoms. The zero-order chi connectivity index (χ0) is 12.8. The monoisotopic (exact) mass is 343 g/mol. The third-order valence-electron chi connectivity index (χ3n) is 3.37. The van der Waals surface area contributed by atoms with E-state index in [4.69, 9.17) is 12.2 Å². The summed E-state index contributed by atoms with van der Waals surface area (Å²) < 4.78 is 4.17. The lowest BCUT2D eigenvalue weighted by Crippen LogP contribution is -2.23. The van der Waals surface area contributed by atoms with Crippen molar-refractivity contribution in [2.24, 2.45) is 0 Å². The SMILES string of the molecule is CC1(Cn2c(=S)[nH]c3cc(Br)cnc32)CCCS1. The van der Waals surface area contributed by atoms with Gasteiger partial charge in [-0.25, -0.2) is 4.98 Å². The lowest BCUT2D eigenvalue weighted by Gasteiger charge is -2.23. The van der Waals surface area contributed by atoms with Gasteiger partial charge in [0.25, 0.3) is 0 Å². The normalized spacial score (nSPS) is 23.9. The van der Waals surface area contributed by atoms with Gasteiger partial charge in [0.1, 0.15) is 0 Å². The van der Waals surface area contributed by atoms with Crippen LogP contribution in [-0.2, 0) is 6.54 Å². The van der Waals surface area contributed by atoms with Crippen molar-refractivity contribution in [2.45, 2.75) is 31.1 Å². The standard InChI is InChI=1S/C12H14BrN3S2/c1-12(3-2-4-18-12)7-16-10-9(15-11(16)17)5-8(13)6-14-10/h5-6H,2-4,7H2,1H3,(H,15,17). The molecule has 0 radical (unpaired) electrons. The van der Waals surface area contributed by atoms with Crippen LogP contribution in [0.1, 0.15) is 19.8 Å². The number of hydrogen-bond acceptors (Lipinski definition) is 3. The molecule has 0 aliphatic carbocycles. The Morgan fingerprint density at radius 3 is 3.22 bits per heavy atom. The fraction of sp³-hybridized carbons (Fsp3) is 0.500. The van der Waals surface area contributed by atoms with Crippen molar-refractivity contribution in [3.05, 3.63) is 21.5 Å². The number of fused-ring (bicyclic) bond motifs is 1. The van der Waals surface area contributed by atoms with E-state index in [2.05, 4.69) is 37.4 Å². The molecule has 6 heteroatoms. The van der Waals surface area contributed by atoms with Gasteiger partial charge in [0, 0.05) is 22.0 Å². The number of thioether (sulfide) groups is 1. The zero-order valence-electron chi connectivity index (χ0n) is 10.1. The molecule has 1 N–H and O–H groups in total. The maximum Gasteiger partial charge on any atom is 0.179 e. The number of nitrogens with one attached hydrogen (secondary N) is 1. The number of aromatic amines is 1. The fourth-order valence-corrected chi connectivity index (χ4v) is 4.34. The molecule has 0 amide bonds. The number of aromatic nitrogens is 3. The molecule has 3 nitrogen and oxygen atoms in total. The van der Waals surface area contributed by atoms with Gasteiger partial charge in [0.05, 0.1) is 5.52 Å². The van der Waals surface area contributed by atoms with Crippen LogP contribution < -0.4 is 0 Å². The minimum absolute atomic E-state index is 0.294. The van der Waals surface area contributed by atoms with Gasteiger partial charge in [-0.15, -0.1) is 0 Å². The molecule has 0 saturated carbocycles. The summed E-state index contributed by atoms with van der Waals surface area (Å²) in [5.74, 6) is 1.26. The highest BCUT2D eigenvalue weighted by molar-refractivity contribution is 9.10. The van der Waals surface area contributed by atoms with Crippen LogP contribution in [0.5, 0.6) is 0 Å². The molecule has 96 valence electrons. The van der Waals surface area contributed by atoms with Gasteiger partial charge in [-0.3, -0.25) is 0 Å². The van der Waals surface area contributed by atoms with Crippen LogP contribution in [0.4, 0.5) is 0 Å². The second-order valence-electron chi connectivity index (χ2n) is 4.94. The Kier molecular flexibility index (Phi) is 3.28. The molecule has 2 aromatic heterocycles. The molecule has 18 heavy (non-hydrogen) atoms. The summed E-state index contributed by atoms with van der Waals surface area (Å²) in [5, 5.41) is 0. The Hall–Kier alpha value is -0.330. The Morgan fingerprint density at radius 1 is 1.67 bits per heavy atom. The third kappa shape index (κ3) is 2.26. The van der Waals surface area contributed by atoms with Gasteiger partial charge in [0.2, 0.25) is 0 Å². The molecule has 1 fully saturated rings. The number of nitrogens with zero attached hydrogens (tertiary/aromatic N) is 2. The molecule has 1 saturated heterocycles. The molecule has 1 aliphatic heterocycles. The van der Waals surface area contributed by atoms with E-state index in [1.807, 2.05) is 24.0 Å². The van der Waals surface area contributed by atoms with Gasteiger partial charge in [0.15, 0.2) is 10.4 Å². The fourth-order valence-electron chi connectivity index (χ4n) is 2.46. The van der Waals surface area contributed by atoms with Crippen LogP contribution in [0.3, 0.4) is 0 Å². The van der Waals surface area contributed by atoms with Crippen molar-refractivity contribution >= 4 is 51.1 Å². The number of halogens is 1. The van der Waals surface area contributed by atoms with E-state index in [-0.39, 0.29) is 0 Å². The molecule has 1 aliphatic rings. The average Bonchev–Trinajstić information content (AvgIpc) is 2.85. The number of H-pyrrole nitrogens is 1. The Bertz CT molecular complexity index is 640. The number of imidazole rings is 1. The van der Waals surface area contributed by atoms with Crippen LogP contribution in [0.15, 0.2) is 16.7 Å². The summed E-state index contributed by atoms with van der Waals surface area (Å²) in [5.41, 5.74) is 1.96. The summed E-state index contributed by atoms with van der Waals surface area (Å²) in [6.45, 7) is 3.26. The van der Waals surface area contributed by atoms with Gasteiger partial charge >= 0.3 is 0 Å². The number of rotatable bonds is 2. The van der Waals surface area contributed by atoms with Crippen LogP contribution in [0.2, 0.25) is 0 Å². The minimum Gasteiger partial charge on any atom is -0.329 e. The van der Waals surface area contributed by atoms with E-state index in [0.717, 1.165) is 27.0 Å². The number of hydrogen-bond donors (Lipinski definition) is 1. The van der Waals surface area contributed by atoms with Crippen molar-refractivity contribution < 1.29 is 0 Å². The van der Waals surface area contributed by atoms with Crippen molar-refractivity contribution in [1.29, 1.82) is 0 Å². The van der Waals surface area contributed by atoms with Crippen LogP contribution in [0.25, 0.3) is 11.2 Å². The molecule has 3 heterocycles. The molecule has 0 bridgehead atoms. The van der Waals surface area contributed by atoms with Gasteiger partial charge in [-0.2, -0.15) is 11.8 Å². The Balaban J connectivity index is 2.06. The van der Waals surface area contributed by atoms with Gasteiger partial charge in [-0.05, 0) is 59.7 Å². The smallest absolute Gasteiger partial charge is 0.179 e. The molecule has 1 atom stereocenters. The average molecular weight is 344 g/mol. The van der Waals surface area contributed by atoms with Crippen molar-refractivity contribution in [3.63, 3.8) is 0 Å². The molecular formula is C12H14BrN3S2. The van der Waals surface area contributed by atoms with Gasteiger partial charge < -0.3 is 9.55 Å². The maximum atomic E-state index is 5.42. The minimum atomic E-state index is 0.294. The molecule has 1 unspecified atom stereocenters. The second-order valence-corrected chi connectivity index (χ2v) is 7.93. The van der Waals surface area contributed by atoms with E-state index in [9.17, 15) is 0 Å². The molecule has 3 rings (SSSR count). The molecule has 0 aromatic carbocycles. The van der Waals surface area contributed by atoms with Crippen molar-refractivity contribution in [2.75, 3.05) is 5.75 Å². The lowest BCUT2D eigenvalue weighted by atomic mass is 10.1. The van der Waals surface area contributed by atoms with E-state index in [1.54, 1.807) is 0 Å². The molecular weight excluding hydrogens is 330 g/mol. The summed E-state index contributed by atoms with van der Waals surface area (Å²) in [4.78, 5) is 7.72.